The standard InChI is InChI=1S/C18H15N3O3/c22-16(20-24)10-21-17(12-6-1-2-7-13(12)18(21)23)14-9-19-15-8-4-3-5-11(14)15/h1-9,17,19,24H,10H2,(H,20,22). The summed E-state index contributed by atoms with van der Waals surface area (Å²) in [6.45, 7) is -0.214. The Kier molecular flexibility index (Phi) is 3.32. The maximum absolute atomic E-state index is 12.7. The average molecular weight is 321 g/mol. The molecule has 0 spiro atoms. The third-order valence-corrected chi connectivity index (χ3v) is 4.41. The highest BCUT2D eigenvalue weighted by molar-refractivity contribution is 6.02. The molecule has 6 heteroatoms. The predicted molar refractivity (Wildman–Crippen MR) is 87.5 cm³/mol. The molecular formula is C18H15N3O3. The second kappa shape index (κ2) is 5.50. The van der Waals surface area contributed by atoms with Crippen molar-refractivity contribution >= 4 is 22.7 Å². The van der Waals surface area contributed by atoms with Gasteiger partial charge in [0.15, 0.2) is 0 Å². The van der Waals surface area contributed by atoms with Crippen LogP contribution in [0.5, 0.6) is 0 Å². The summed E-state index contributed by atoms with van der Waals surface area (Å²) in [5.74, 6) is -0.842. The van der Waals surface area contributed by atoms with Gasteiger partial charge in [-0.25, -0.2) is 5.48 Å². The van der Waals surface area contributed by atoms with E-state index in [0.717, 1.165) is 22.0 Å². The normalized spacial score (nSPS) is 16.5. The molecule has 0 saturated heterocycles. The lowest BCUT2D eigenvalue weighted by atomic mass is 9.97. The molecule has 2 aromatic carbocycles. The molecule has 0 aliphatic carbocycles. The SMILES string of the molecule is O=C(CN1C(=O)c2ccccc2C1c1c[nH]c2ccccc12)NO. The number of nitrogens with zero attached hydrogens (tertiary/aromatic N) is 1. The van der Waals surface area contributed by atoms with Crippen molar-refractivity contribution in [3.05, 3.63) is 71.4 Å². The predicted octanol–water partition coefficient (Wildman–Crippen LogP) is 2.22. The van der Waals surface area contributed by atoms with Crippen molar-refractivity contribution in [3.63, 3.8) is 0 Å². The summed E-state index contributed by atoms with van der Waals surface area (Å²) < 4.78 is 0. The van der Waals surface area contributed by atoms with E-state index in [1.54, 1.807) is 17.6 Å². The van der Waals surface area contributed by atoms with Crippen molar-refractivity contribution in [2.24, 2.45) is 0 Å². The van der Waals surface area contributed by atoms with E-state index in [4.69, 9.17) is 5.21 Å². The minimum Gasteiger partial charge on any atom is -0.361 e. The smallest absolute Gasteiger partial charge is 0.262 e. The highest BCUT2D eigenvalue weighted by atomic mass is 16.5. The number of carbonyl (C=O) groups is 2. The van der Waals surface area contributed by atoms with E-state index in [0.29, 0.717) is 5.56 Å². The van der Waals surface area contributed by atoms with Gasteiger partial charge in [-0.2, -0.15) is 0 Å². The lowest BCUT2D eigenvalue weighted by Crippen LogP contribution is -2.38. The van der Waals surface area contributed by atoms with Gasteiger partial charge < -0.3 is 9.88 Å². The Morgan fingerprint density at radius 1 is 1.12 bits per heavy atom. The van der Waals surface area contributed by atoms with Gasteiger partial charge in [0, 0.05) is 28.2 Å². The number of hydroxylamine groups is 1. The molecule has 1 aliphatic heterocycles. The molecule has 1 aromatic heterocycles. The zero-order chi connectivity index (χ0) is 16.7. The third-order valence-electron chi connectivity index (χ3n) is 4.41. The van der Waals surface area contributed by atoms with Crippen LogP contribution in [0.25, 0.3) is 10.9 Å². The Bertz CT molecular complexity index is 947. The first-order chi connectivity index (χ1) is 11.7. The number of amides is 2. The van der Waals surface area contributed by atoms with E-state index >= 15 is 0 Å². The number of fused-ring (bicyclic) bond motifs is 2. The van der Waals surface area contributed by atoms with Crippen LogP contribution in [-0.4, -0.2) is 33.5 Å². The van der Waals surface area contributed by atoms with Crippen molar-refractivity contribution < 1.29 is 14.8 Å². The van der Waals surface area contributed by atoms with Crippen LogP contribution in [0, 0.1) is 0 Å². The molecule has 0 fully saturated rings. The Hall–Kier alpha value is -3.12. The number of aromatic nitrogens is 1. The largest absolute Gasteiger partial charge is 0.361 e. The van der Waals surface area contributed by atoms with E-state index in [2.05, 4.69) is 4.98 Å². The maximum Gasteiger partial charge on any atom is 0.262 e. The van der Waals surface area contributed by atoms with Crippen molar-refractivity contribution in [2.45, 2.75) is 6.04 Å². The van der Waals surface area contributed by atoms with E-state index < -0.39 is 5.91 Å². The number of hydrogen-bond donors (Lipinski definition) is 3. The van der Waals surface area contributed by atoms with Gasteiger partial charge in [-0.05, 0) is 17.7 Å². The van der Waals surface area contributed by atoms with Gasteiger partial charge in [-0.15, -0.1) is 0 Å². The fourth-order valence-electron chi connectivity index (χ4n) is 3.38. The Labute approximate surface area is 137 Å². The Balaban J connectivity index is 1.89. The summed E-state index contributed by atoms with van der Waals surface area (Å²) in [6, 6.07) is 14.8. The summed E-state index contributed by atoms with van der Waals surface area (Å²) in [7, 11) is 0. The lowest BCUT2D eigenvalue weighted by molar-refractivity contribution is -0.130. The van der Waals surface area contributed by atoms with Crippen molar-refractivity contribution in [3.8, 4) is 0 Å². The van der Waals surface area contributed by atoms with Crippen LogP contribution in [-0.2, 0) is 4.79 Å². The molecule has 120 valence electrons. The molecule has 3 N–H and O–H groups in total. The molecule has 1 atom stereocenters. The number of benzene rings is 2. The van der Waals surface area contributed by atoms with Crippen LogP contribution in [0.2, 0.25) is 0 Å². The number of carbonyl (C=O) groups excluding carboxylic acids is 2. The molecule has 4 rings (SSSR count). The van der Waals surface area contributed by atoms with Gasteiger partial charge in [0.25, 0.3) is 11.8 Å². The average Bonchev–Trinajstić information content (AvgIpc) is 3.15. The lowest BCUT2D eigenvalue weighted by Gasteiger charge is -2.24. The highest BCUT2D eigenvalue weighted by Crippen LogP contribution is 2.40. The van der Waals surface area contributed by atoms with Crippen molar-refractivity contribution in [1.82, 2.24) is 15.4 Å². The molecule has 1 aliphatic rings. The summed E-state index contributed by atoms with van der Waals surface area (Å²) >= 11 is 0. The van der Waals surface area contributed by atoms with Crippen LogP contribution in [0.1, 0.15) is 27.5 Å². The van der Waals surface area contributed by atoms with Crippen LogP contribution < -0.4 is 5.48 Å². The van der Waals surface area contributed by atoms with E-state index in [1.807, 2.05) is 42.6 Å². The number of H-pyrrole nitrogens is 1. The summed E-state index contributed by atoms with van der Waals surface area (Å²) in [5.41, 5.74) is 4.94. The maximum atomic E-state index is 12.7. The minimum atomic E-state index is -0.624. The first-order valence-electron chi connectivity index (χ1n) is 7.59. The molecule has 3 aromatic rings. The first-order valence-corrected chi connectivity index (χ1v) is 7.59. The van der Waals surface area contributed by atoms with Crippen molar-refractivity contribution in [2.75, 3.05) is 6.54 Å². The fraction of sp³-hybridized carbons (Fsp3) is 0.111. The molecule has 0 bridgehead atoms. The number of nitrogens with one attached hydrogen (secondary N) is 2. The Morgan fingerprint density at radius 2 is 1.88 bits per heavy atom. The van der Waals surface area contributed by atoms with Crippen LogP contribution >= 0.6 is 0 Å². The van der Waals surface area contributed by atoms with E-state index in [1.165, 1.54) is 4.90 Å². The quantitative estimate of drug-likeness (QED) is 0.511. The van der Waals surface area contributed by atoms with Gasteiger partial charge in [-0.1, -0.05) is 36.4 Å². The monoisotopic (exact) mass is 321 g/mol. The number of rotatable bonds is 3. The summed E-state index contributed by atoms with van der Waals surface area (Å²) in [4.78, 5) is 29.1. The fourth-order valence-corrected chi connectivity index (χ4v) is 3.38. The van der Waals surface area contributed by atoms with Crippen LogP contribution in [0.15, 0.2) is 54.7 Å². The van der Waals surface area contributed by atoms with Gasteiger partial charge >= 0.3 is 0 Å². The van der Waals surface area contributed by atoms with Gasteiger partial charge in [0.2, 0.25) is 0 Å². The summed E-state index contributed by atoms with van der Waals surface area (Å²) in [5, 5.41) is 9.84. The van der Waals surface area contributed by atoms with Gasteiger partial charge in [0.1, 0.15) is 6.54 Å². The molecule has 0 saturated carbocycles. The molecule has 0 radical (unpaired) electrons. The van der Waals surface area contributed by atoms with Gasteiger partial charge in [0.05, 0.1) is 6.04 Å². The van der Waals surface area contributed by atoms with Crippen molar-refractivity contribution in [1.29, 1.82) is 0 Å². The Morgan fingerprint density at radius 3 is 2.71 bits per heavy atom. The second-order valence-electron chi connectivity index (χ2n) is 5.75. The molecular weight excluding hydrogens is 306 g/mol. The topological polar surface area (TPSA) is 85.4 Å². The second-order valence-corrected chi connectivity index (χ2v) is 5.75. The number of aromatic amines is 1. The molecule has 2 heterocycles. The molecule has 1 unspecified atom stereocenters. The molecule has 6 nitrogen and oxygen atoms in total. The van der Waals surface area contributed by atoms with E-state index in [9.17, 15) is 9.59 Å². The zero-order valence-corrected chi connectivity index (χ0v) is 12.7. The molecule has 24 heavy (non-hydrogen) atoms. The molecule has 2 amide bonds. The van der Waals surface area contributed by atoms with E-state index in [-0.39, 0.29) is 18.5 Å². The van der Waals surface area contributed by atoms with Crippen LogP contribution in [0.3, 0.4) is 0 Å². The number of hydrogen-bond acceptors (Lipinski definition) is 3. The number of para-hydroxylation sites is 1. The first kappa shape index (κ1) is 14.5. The third kappa shape index (κ3) is 2.08. The van der Waals surface area contributed by atoms with Crippen LogP contribution in [0.4, 0.5) is 0 Å². The summed E-state index contributed by atoms with van der Waals surface area (Å²) in [6.07, 6.45) is 1.87. The van der Waals surface area contributed by atoms with Gasteiger partial charge in [-0.3, -0.25) is 14.8 Å². The zero-order valence-electron chi connectivity index (χ0n) is 12.7. The minimum absolute atomic E-state index is 0.214. The highest BCUT2D eigenvalue weighted by Gasteiger charge is 2.39.